The molecule has 0 aliphatic rings. The van der Waals surface area contributed by atoms with Gasteiger partial charge in [0.1, 0.15) is 6.04 Å². The van der Waals surface area contributed by atoms with Crippen LogP contribution in [0.5, 0.6) is 0 Å². The van der Waals surface area contributed by atoms with Gasteiger partial charge in [0.2, 0.25) is 0 Å². The van der Waals surface area contributed by atoms with Crippen molar-refractivity contribution in [1.29, 1.82) is 0 Å². The summed E-state index contributed by atoms with van der Waals surface area (Å²) < 4.78 is 0. The van der Waals surface area contributed by atoms with E-state index in [1.54, 1.807) is 0 Å². The standard InChI is InChI=1S/C13H22N2O3/c1-5-7-8-11(12(16)17)15-13(18)14-10(6-2)9(3)4/h2,9-11H,5,7-8H2,1,3-4H3,(H,16,17)(H2,14,15,18). The van der Waals surface area contributed by atoms with Gasteiger partial charge in [-0.05, 0) is 12.3 Å². The van der Waals surface area contributed by atoms with E-state index in [1.807, 2.05) is 20.8 Å². The molecule has 0 aliphatic carbocycles. The van der Waals surface area contributed by atoms with Crippen molar-refractivity contribution in [3.8, 4) is 12.3 Å². The van der Waals surface area contributed by atoms with Gasteiger partial charge in [-0.3, -0.25) is 0 Å². The molecule has 0 aliphatic heterocycles. The number of hydrogen-bond donors (Lipinski definition) is 3. The lowest BCUT2D eigenvalue weighted by Gasteiger charge is -2.19. The largest absolute Gasteiger partial charge is 0.480 e. The smallest absolute Gasteiger partial charge is 0.326 e. The number of unbranched alkanes of at least 4 members (excludes halogenated alkanes) is 1. The Hall–Kier alpha value is -1.70. The highest BCUT2D eigenvalue weighted by molar-refractivity contribution is 5.82. The molecule has 0 radical (unpaired) electrons. The minimum Gasteiger partial charge on any atom is -0.480 e. The highest BCUT2D eigenvalue weighted by Crippen LogP contribution is 2.02. The molecule has 5 heteroatoms. The molecule has 0 rings (SSSR count). The molecule has 0 aromatic carbocycles. The van der Waals surface area contributed by atoms with E-state index in [2.05, 4.69) is 16.6 Å². The Kier molecular flexibility index (Phi) is 7.61. The van der Waals surface area contributed by atoms with Crippen LogP contribution < -0.4 is 10.6 Å². The summed E-state index contributed by atoms with van der Waals surface area (Å²) >= 11 is 0. The van der Waals surface area contributed by atoms with Crippen LogP contribution in [-0.2, 0) is 4.79 Å². The first-order chi connectivity index (χ1) is 8.42. The average molecular weight is 254 g/mol. The predicted octanol–water partition coefficient (Wildman–Crippen LogP) is 1.59. The number of terminal acetylenes is 1. The summed E-state index contributed by atoms with van der Waals surface area (Å²) in [5, 5.41) is 14.0. The van der Waals surface area contributed by atoms with E-state index in [4.69, 9.17) is 11.5 Å². The van der Waals surface area contributed by atoms with Gasteiger partial charge in [0.15, 0.2) is 0 Å². The molecule has 0 saturated carbocycles. The summed E-state index contributed by atoms with van der Waals surface area (Å²) in [6.45, 7) is 5.74. The Labute approximate surface area is 108 Å². The lowest BCUT2D eigenvalue weighted by molar-refractivity contribution is -0.139. The van der Waals surface area contributed by atoms with Crippen molar-refractivity contribution in [2.24, 2.45) is 5.92 Å². The van der Waals surface area contributed by atoms with E-state index in [9.17, 15) is 9.59 Å². The highest BCUT2D eigenvalue weighted by Gasteiger charge is 2.21. The number of carboxylic acid groups (broad SMARTS) is 1. The normalized spacial score (nSPS) is 13.5. The van der Waals surface area contributed by atoms with Gasteiger partial charge in [-0.25, -0.2) is 9.59 Å². The maximum Gasteiger partial charge on any atom is 0.326 e. The van der Waals surface area contributed by atoms with E-state index < -0.39 is 24.1 Å². The fraction of sp³-hybridized carbons (Fsp3) is 0.692. The lowest BCUT2D eigenvalue weighted by Crippen LogP contribution is -2.49. The third-order valence-electron chi connectivity index (χ3n) is 2.58. The first kappa shape index (κ1) is 16.3. The van der Waals surface area contributed by atoms with Gasteiger partial charge < -0.3 is 15.7 Å². The van der Waals surface area contributed by atoms with E-state index in [-0.39, 0.29) is 5.92 Å². The molecule has 0 saturated heterocycles. The molecule has 0 bridgehead atoms. The van der Waals surface area contributed by atoms with Gasteiger partial charge in [0.05, 0.1) is 6.04 Å². The molecule has 0 fully saturated rings. The Bertz CT molecular complexity index is 321. The Morgan fingerprint density at radius 3 is 2.33 bits per heavy atom. The number of aliphatic carboxylic acids is 1. The summed E-state index contributed by atoms with van der Waals surface area (Å²) in [5.74, 6) is 1.53. The molecule has 2 amide bonds. The van der Waals surface area contributed by atoms with E-state index in [0.29, 0.717) is 6.42 Å². The zero-order chi connectivity index (χ0) is 14.1. The fourth-order valence-electron chi connectivity index (χ4n) is 1.41. The second kappa shape index (κ2) is 8.40. The summed E-state index contributed by atoms with van der Waals surface area (Å²) in [4.78, 5) is 22.6. The van der Waals surface area contributed by atoms with Crippen LogP contribution in [0, 0.1) is 18.3 Å². The SMILES string of the molecule is C#CC(NC(=O)NC(CCCC)C(=O)O)C(C)C. The van der Waals surface area contributed by atoms with Crippen LogP contribution in [-0.4, -0.2) is 29.2 Å². The van der Waals surface area contributed by atoms with Crippen molar-refractivity contribution in [2.75, 3.05) is 0 Å². The zero-order valence-electron chi connectivity index (χ0n) is 11.2. The number of urea groups is 1. The van der Waals surface area contributed by atoms with E-state index in [0.717, 1.165) is 12.8 Å². The number of hydrogen-bond acceptors (Lipinski definition) is 2. The Balaban J connectivity index is 4.34. The second-order valence-corrected chi connectivity index (χ2v) is 4.54. The molecule has 0 aromatic rings. The molecule has 0 heterocycles. The fourth-order valence-corrected chi connectivity index (χ4v) is 1.41. The van der Waals surface area contributed by atoms with Gasteiger partial charge >= 0.3 is 12.0 Å². The minimum atomic E-state index is -1.03. The molecule has 18 heavy (non-hydrogen) atoms. The maximum atomic E-state index is 11.6. The molecule has 102 valence electrons. The highest BCUT2D eigenvalue weighted by atomic mass is 16.4. The first-order valence-corrected chi connectivity index (χ1v) is 6.18. The van der Waals surface area contributed by atoms with Crippen LogP contribution in [0.25, 0.3) is 0 Å². The van der Waals surface area contributed by atoms with Crippen molar-refractivity contribution >= 4 is 12.0 Å². The van der Waals surface area contributed by atoms with Crippen LogP contribution in [0.4, 0.5) is 4.79 Å². The molecule has 5 nitrogen and oxygen atoms in total. The number of amides is 2. The van der Waals surface area contributed by atoms with Crippen LogP contribution in [0.2, 0.25) is 0 Å². The number of carbonyl (C=O) groups is 2. The number of carbonyl (C=O) groups excluding carboxylic acids is 1. The molecule has 3 N–H and O–H groups in total. The monoisotopic (exact) mass is 254 g/mol. The van der Waals surface area contributed by atoms with E-state index >= 15 is 0 Å². The summed E-state index contributed by atoms with van der Waals surface area (Å²) in [6, 6.07) is -1.80. The first-order valence-electron chi connectivity index (χ1n) is 6.18. The van der Waals surface area contributed by atoms with Gasteiger partial charge in [-0.2, -0.15) is 0 Å². The van der Waals surface area contributed by atoms with Crippen molar-refractivity contribution < 1.29 is 14.7 Å². The summed E-state index contributed by atoms with van der Waals surface area (Å²) in [7, 11) is 0. The number of rotatable bonds is 7. The average Bonchev–Trinajstić information content (AvgIpc) is 2.30. The van der Waals surface area contributed by atoms with E-state index in [1.165, 1.54) is 0 Å². The zero-order valence-corrected chi connectivity index (χ0v) is 11.2. The van der Waals surface area contributed by atoms with Crippen LogP contribution >= 0.6 is 0 Å². The van der Waals surface area contributed by atoms with Crippen molar-refractivity contribution in [3.05, 3.63) is 0 Å². The van der Waals surface area contributed by atoms with Crippen molar-refractivity contribution in [3.63, 3.8) is 0 Å². The molecular formula is C13H22N2O3. The number of carboxylic acids is 1. The maximum absolute atomic E-state index is 11.6. The Morgan fingerprint density at radius 1 is 1.33 bits per heavy atom. The second-order valence-electron chi connectivity index (χ2n) is 4.54. The van der Waals surface area contributed by atoms with Crippen LogP contribution in [0.3, 0.4) is 0 Å². The van der Waals surface area contributed by atoms with Gasteiger partial charge in [0.25, 0.3) is 0 Å². The topological polar surface area (TPSA) is 78.4 Å². The van der Waals surface area contributed by atoms with Gasteiger partial charge in [-0.1, -0.05) is 39.5 Å². The van der Waals surface area contributed by atoms with Crippen molar-refractivity contribution in [1.82, 2.24) is 10.6 Å². The molecule has 0 spiro atoms. The molecule has 0 aromatic heterocycles. The molecule has 2 unspecified atom stereocenters. The quantitative estimate of drug-likeness (QED) is 0.604. The third kappa shape index (κ3) is 6.14. The number of nitrogens with one attached hydrogen (secondary N) is 2. The Morgan fingerprint density at radius 2 is 1.94 bits per heavy atom. The molecule has 2 atom stereocenters. The summed E-state index contributed by atoms with van der Waals surface area (Å²) in [6.07, 6.45) is 7.33. The van der Waals surface area contributed by atoms with Crippen LogP contribution in [0.1, 0.15) is 40.0 Å². The molecular weight excluding hydrogens is 232 g/mol. The predicted molar refractivity (Wildman–Crippen MR) is 70.1 cm³/mol. The third-order valence-corrected chi connectivity index (χ3v) is 2.58. The summed E-state index contributed by atoms with van der Waals surface area (Å²) in [5.41, 5.74) is 0. The minimum absolute atomic E-state index is 0.0969. The van der Waals surface area contributed by atoms with Crippen molar-refractivity contribution in [2.45, 2.75) is 52.1 Å². The lowest BCUT2D eigenvalue weighted by atomic mass is 10.1. The van der Waals surface area contributed by atoms with Gasteiger partial charge in [-0.15, -0.1) is 6.42 Å². The van der Waals surface area contributed by atoms with Gasteiger partial charge in [0, 0.05) is 0 Å². The van der Waals surface area contributed by atoms with Crippen LogP contribution in [0.15, 0.2) is 0 Å².